The van der Waals surface area contributed by atoms with Gasteiger partial charge in [0.05, 0.1) is 16.7 Å². The van der Waals surface area contributed by atoms with Gasteiger partial charge in [-0.05, 0) is 25.0 Å². The Bertz CT molecular complexity index is 691. The van der Waals surface area contributed by atoms with Gasteiger partial charge in [0.25, 0.3) is 0 Å². The molecular formula is C13H12N4O. The summed E-state index contributed by atoms with van der Waals surface area (Å²) >= 11 is 0. The molecule has 0 bridgehead atoms. The quantitative estimate of drug-likeness (QED) is 0.722. The molecule has 90 valence electrons. The molecular weight excluding hydrogens is 228 g/mol. The number of rotatable bonds is 2. The van der Waals surface area contributed by atoms with Crippen LogP contribution in [0.2, 0.25) is 0 Å². The molecule has 2 heterocycles. The average molecular weight is 240 g/mol. The van der Waals surface area contributed by atoms with Crippen LogP contribution in [0.1, 0.15) is 24.5 Å². The predicted octanol–water partition coefficient (Wildman–Crippen LogP) is 2.33. The first-order chi connectivity index (χ1) is 8.81. The van der Waals surface area contributed by atoms with E-state index in [9.17, 15) is 5.11 Å². The van der Waals surface area contributed by atoms with E-state index in [0.29, 0.717) is 11.9 Å². The molecule has 0 spiro atoms. The number of nitrogens with zero attached hydrogens (tertiary/aromatic N) is 3. The number of fused-ring (bicyclic) bond motifs is 1. The van der Waals surface area contributed by atoms with Crippen LogP contribution in [-0.4, -0.2) is 24.9 Å². The lowest BCUT2D eigenvalue weighted by molar-refractivity contribution is 0.430. The number of imidazole rings is 1. The fourth-order valence-electron chi connectivity index (χ4n) is 2.16. The van der Waals surface area contributed by atoms with Gasteiger partial charge >= 0.3 is 0 Å². The Morgan fingerprint density at radius 2 is 2.11 bits per heavy atom. The summed E-state index contributed by atoms with van der Waals surface area (Å²) < 4.78 is 1.47. The smallest absolute Gasteiger partial charge is 0.232 e. The molecule has 1 aromatic carbocycles. The van der Waals surface area contributed by atoms with Gasteiger partial charge in [0.1, 0.15) is 0 Å². The van der Waals surface area contributed by atoms with Gasteiger partial charge in [-0.1, -0.05) is 12.1 Å². The summed E-state index contributed by atoms with van der Waals surface area (Å²) in [6.45, 7) is 0. The van der Waals surface area contributed by atoms with Crippen molar-refractivity contribution in [3.63, 3.8) is 0 Å². The maximum atomic E-state index is 9.93. The van der Waals surface area contributed by atoms with Crippen molar-refractivity contribution in [1.82, 2.24) is 19.7 Å². The number of para-hydroxylation sites is 2. The summed E-state index contributed by atoms with van der Waals surface area (Å²) in [5.41, 5.74) is 2.76. The van der Waals surface area contributed by atoms with Crippen molar-refractivity contribution in [2.75, 3.05) is 0 Å². The van der Waals surface area contributed by atoms with Crippen molar-refractivity contribution < 1.29 is 5.11 Å². The maximum absolute atomic E-state index is 9.93. The number of aromatic nitrogens is 4. The molecule has 1 fully saturated rings. The van der Waals surface area contributed by atoms with Gasteiger partial charge in [0.15, 0.2) is 0 Å². The van der Waals surface area contributed by atoms with Crippen LogP contribution in [0.4, 0.5) is 0 Å². The Hall–Kier alpha value is -2.30. The SMILES string of the molecule is Oc1cc(C2CC2)nn1-c1nc2ccccc2[nH]1. The lowest BCUT2D eigenvalue weighted by Crippen LogP contribution is -1.98. The maximum Gasteiger partial charge on any atom is 0.232 e. The number of aromatic amines is 1. The van der Waals surface area contributed by atoms with Gasteiger partial charge in [-0.25, -0.2) is 4.98 Å². The Labute approximate surface area is 103 Å². The molecule has 2 N–H and O–H groups in total. The number of aromatic hydroxyl groups is 1. The first-order valence-electron chi connectivity index (χ1n) is 6.05. The lowest BCUT2D eigenvalue weighted by Gasteiger charge is -1.96. The van der Waals surface area contributed by atoms with E-state index in [-0.39, 0.29) is 5.88 Å². The summed E-state index contributed by atoms with van der Waals surface area (Å²) in [4.78, 5) is 7.58. The molecule has 0 amide bonds. The third-order valence-electron chi connectivity index (χ3n) is 3.28. The molecule has 2 aromatic heterocycles. The highest BCUT2D eigenvalue weighted by molar-refractivity contribution is 5.76. The van der Waals surface area contributed by atoms with E-state index in [1.807, 2.05) is 24.3 Å². The standard InChI is InChI=1S/C13H12N4O/c18-12-7-11(8-5-6-8)16-17(12)13-14-9-3-1-2-4-10(9)15-13/h1-4,7-8,18H,5-6H2,(H,14,15). The summed E-state index contributed by atoms with van der Waals surface area (Å²) in [5, 5.41) is 14.3. The molecule has 0 saturated heterocycles. The van der Waals surface area contributed by atoms with Crippen LogP contribution in [0.25, 0.3) is 17.0 Å². The zero-order valence-corrected chi connectivity index (χ0v) is 9.67. The molecule has 1 saturated carbocycles. The third-order valence-corrected chi connectivity index (χ3v) is 3.28. The highest BCUT2D eigenvalue weighted by atomic mass is 16.3. The molecule has 0 unspecified atom stereocenters. The first kappa shape index (κ1) is 9.70. The van der Waals surface area contributed by atoms with E-state index in [0.717, 1.165) is 29.6 Å². The van der Waals surface area contributed by atoms with E-state index in [1.54, 1.807) is 6.07 Å². The zero-order chi connectivity index (χ0) is 12.1. The highest BCUT2D eigenvalue weighted by Gasteiger charge is 2.27. The lowest BCUT2D eigenvalue weighted by atomic mass is 10.3. The molecule has 1 aliphatic rings. The molecule has 5 nitrogen and oxygen atoms in total. The van der Waals surface area contributed by atoms with Crippen molar-refractivity contribution in [3.8, 4) is 11.8 Å². The molecule has 4 rings (SSSR count). The van der Waals surface area contributed by atoms with Gasteiger partial charge < -0.3 is 10.1 Å². The topological polar surface area (TPSA) is 66.7 Å². The van der Waals surface area contributed by atoms with E-state index < -0.39 is 0 Å². The number of benzene rings is 1. The molecule has 0 radical (unpaired) electrons. The number of hydrogen-bond acceptors (Lipinski definition) is 3. The summed E-state index contributed by atoms with van der Waals surface area (Å²) in [6, 6.07) is 9.49. The van der Waals surface area contributed by atoms with Gasteiger partial charge in [0.2, 0.25) is 11.8 Å². The van der Waals surface area contributed by atoms with Crippen LogP contribution in [0.5, 0.6) is 5.88 Å². The molecule has 18 heavy (non-hydrogen) atoms. The normalized spacial score (nSPS) is 15.3. The van der Waals surface area contributed by atoms with Crippen LogP contribution in [0.15, 0.2) is 30.3 Å². The number of nitrogens with one attached hydrogen (secondary N) is 1. The number of H-pyrrole nitrogens is 1. The second-order valence-electron chi connectivity index (χ2n) is 4.69. The van der Waals surface area contributed by atoms with E-state index in [2.05, 4.69) is 15.1 Å². The Morgan fingerprint density at radius 3 is 2.89 bits per heavy atom. The summed E-state index contributed by atoms with van der Waals surface area (Å²) in [7, 11) is 0. The van der Waals surface area contributed by atoms with Crippen LogP contribution in [0.3, 0.4) is 0 Å². The van der Waals surface area contributed by atoms with Crippen molar-refractivity contribution in [2.24, 2.45) is 0 Å². The van der Waals surface area contributed by atoms with Crippen molar-refractivity contribution >= 4 is 11.0 Å². The molecule has 1 aliphatic carbocycles. The van der Waals surface area contributed by atoms with Crippen LogP contribution in [-0.2, 0) is 0 Å². The molecule has 5 heteroatoms. The van der Waals surface area contributed by atoms with Crippen molar-refractivity contribution in [2.45, 2.75) is 18.8 Å². The average Bonchev–Trinajstić information content (AvgIpc) is 3.01. The summed E-state index contributed by atoms with van der Waals surface area (Å²) in [6.07, 6.45) is 2.33. The van der Waals surface area contributed by atoms with Crippen LogP contribution in [0, 0.1) is 0 Å². The fraction of sp³-hybridized carbons (Fsp3) is 0.231. The predicted molar refractivity (Wildman–Crippen MR) is 66.9 cm³/mol. The largest absolute Gasteiger partial charge is 0.493 e. The minimum Gasteiger partial charge on any atom is -0.493 e. The Balaban J connectivity index is 1.85. The highest BCUT2D eigenvalue weighted by Crippen LogP contribution is 2.40. The van der Waals surface area contributed by atoms with E-state index in [1.165, 1.54) is 4.68 Å². The van der Waals surface area contributed by atoms with E-state index >= 15 is 0 Å². The minimum atomic E-state index is 0.135. The molecule has 3 aromatic rings. The van der Waals surface area contributed by atoms with Crippen LogP contribution >= 0.6 is 0 Å². The second kappa shape index (κ2) is 3.35. The first-order valence-corrected chi connectivity index (χ1v) is 6.05. The third kappa shape index (κ3) is 1.40. The van der Waals surface area contributed by atoms with Gasteiger partial charge in [-0.2, -0.15) is 9.78 Å². The Kier molecular flexibility index (Phi) is 1.81. The van der Waals surface area contributed by atoms with Crippen molar-refractivity contribution in [1.29, 1.82) is 0 Å². The zero-order valence-electron chi connectivity index (χ0n) is 9.67. The van der Waals surface area contributed by atoms with Gasteiger partial charge in [-0.3, -0.25) is 0 Å². The monoisotopic (exact) mass is 240 g/mol. The number of hydrogen-bond donors (Lipinski definition) is 2. The van der Waals surface area contributed by atoms with Gasteiger partial charge in [-0.15, -0.1) is 0 Å². The van der Waals surface area contributed by atoms with Gasteiger partial charge in [0, 0.05) is 12.0 Å². The molecule has 0 atom stereocenters. The summed E-state index contributed by atoms with van der Waals surface area (Å²) in [5.74, 6) is 1.21. The van der Waals surface area contributed by atoms with E-state index in [4.69, 9.17) is 0 Å². The fourth-order valence-corrected chi connectivity index (χ4v) is 2.16. The Morgan fingerprint density at radius 1 is 1.28 bits per heavy atom. The van der Waals surface area contributed by atoms with Crippen molar-refractivity contribution in [3.05, 3.63) is 36.0 Å². The minimum absolute atomic E-state index is 0.135. The van der Waals surface area contributed by atoms with Crippen LogP contribution < -0.4 is 0 Å². The molecule has 0 aliphatic heterocycles. The second-order valence-corrected chi connectivity index (χ2v) is 4.69.